The van der Waals surface area contributed by atoms with Crippen LogP contribution in [0, 0.1) is 0 Å². The topological polar surface area (TPSA) is 302 Å². The van der Waals surface area contributed by atoms with E-state index in [2.05, 4.69) is 29.8 Å². The van der Waals surface area contributed by atoms with Crippen LogP contribution in [0.2, 0.25) is 0 Å². The number of nitrogens with one attached hydrogen (secondary N) is 2. The van der Waals surface area contributed by atoms with Gasteiger partial charge in [-0.3, -0.25) is 52.7 Å². The Morgan fingerprint density at radius 3 is 1.76 bits per heavy atom. The van der Waals surface area contributed by atoms with Crippen LogP contribution in [-0.2, 0) is 70.2 Å². The highest BCUT2D eigenvalue weighted by Crippen LogP contribution is 2.30. The summed E-state index contributed by atoms with van der Waals surface area (Å²) < 4.78 is 47.9. The number of likely N-dealkylation sites (tertiary alicyclic amines) is 2. The van der Waals surface area contributed by atoms with Crippen molar-refractivity contribution in [1.82, 2.24) is 54.7 Å². The summed E-state index contributed by atoms with van der Waals surface area (Å²) in [6, 6.07) is 11.3. The number of hydrogen-bond acceptors (Lipinski definition) is 16. The zero-order chi connectivity index (χ0) is 69.5. The zero-order valence-electron chi connectivity index (χ0n) is 55.1. The largest absolute Gasteiger partial charge is 0.416 e. The molecule has 0 bridgehead atoms. The van der Waals surface area contributed by atoms with Gasteiger partial charge in [0.05, 0.1) is 56.5 Å². The van der Waals surface area contributed by atoms with Gasteiger partial charge in [0.2, 0.25) is 59.1 Å². The quantitative estimate of drug-likeness (QED) is 0.0361. The molecule has 1 unspecified atom stereocenters. The van der Waals surface area contributed by atoms with Gasteiger partial charge in [-0.15, -0.1) is 6.58 Å². The van der Waals surface area contributed by atoms with Crippen molar-refractivity contribution in [3.63, 3.8) is 0 Å². The molecular formula is C66H98F3N13O12S. The molecule has 3 fully saturated rings. The monoisotopic (exact) mass is 1350 g/mol. The smallest absolute Gasteiger partial charge is 0.376 e. The summed E-state index contributed by atoms with van der Waals surface area (Å²) in [4.78, 5) is 165. The van der Waals surface area contributed by atoms with Crippen LogP contribution in [-0.4, -0.2) is 264 Å². The summed E-state index contributed by atoms with van der Waals surface area (Å²) >= 11 is 4.17. The van der Waals surface area contributed by atoms with Crippen molar-refractivity contribution in [3.05, 3.63) is 83.9 Å². The molecule has 3 heterocycles. The van der Waals surface area contributed by atoms with Crippen molar-refractivity contribution in [2.75, 3.05) is 143 Å². The Kier molecular flexibility index (Phi) is 33.6. The molecule has 29 heteroatoms. The Bertz CT molecular complexity index is 2890. The van der Waals surface area contributed by atoms with Crippen molar-refractivity contribution in [3.8, 4) is 0 Å². The van der Waals surface area contributed by atoms with Crippen LogP contribution in [0.15, 0.2) is 67.3 Å². The van der Waals surface area contributed by atoms with Gasteiger partial charge in [-0.25, -0.2) is 0 Å². The van der Waals surface area contributed by atoms with E-state index < -0.39 is 130 Å². The maximum atomic E-state index is 15.0. The van der Waals surface area contributed by atoms with Gasteiger partial charge < -0.3 is 70.9 Å². The number of thiol groups is 1. The average Bonchev–Trinajstić information content (AvgIpc) is 2.23. The summed E-state index contributed by atoms with van der Waals surface area (Å²) in [7, 11) is 0. The number of ether oxygens (including phenoxy) is 1. The number of amides is 10. The molecule has 2 aromatic rings. The maximum Gasteiger partial charge on any atom is 0.416 e. The Hall–Kier alpha value is -7.47. The van der Waals surface area contributed by atoms with Crippen molar-refractivity contribution in [2.24, 2.45) is 11.5 Å². The standard InChI is InChI=1S/C66H98F3N13O12S/c1-4-28-76(64(92)47-82(49(2)52-19-6-5-7-20-52)65(93)46-80(39-51-18-12-21-53(37-51)66(67,68)69)59(87)38-72-27-16-33-74-31-13-23-57(74)85)44-63(91)81(40-54-22-15-36-94-54)45-62(90)79(35-17-34-75-32-14-24-58(75)86)43-61(89)78(30-11-9-26-71)42-60(88)77(29-10-8-25-70)41-56(84)73-55(48-95)50(3)83/h4-7,12,18-21,37,49,54-55,72,95H,1,8-11,13-17,22-36,38-48,70-71H2,2-3H3,(H,73,84)/t49-,54?,55-/m0/s1. The number of nitrogens with two attached hydrogens (primary N) is 2. The normalized spacial score (nSPS) is 15.3. The SMILES string of the molecule is C=CCN(CC(=O)N(CC(=O)N(CCCN1CCCC1=O)CC(=O)N(CCCCN)CC(=O)N(CCCCN)CC(=O)N[C@@H](CS)C(C)=O)CC1CCCO1)C(=O)CN(C(=O)CN(Cc1cccc(C(F)(F)F)c1)C(=O)CNCCCN1CCCC1=O)[C@@H](C)c1ccccc1. The van der Waals surface area contributed by atoms with Crippen molar-refractivity contribution in [1.29, 1.82) is 0 Å². The Morgan fingerprint density at radius 1 is 0.674 bits per heavy atom. The summed E-state index contributed by atoms with van der Waals surface area (Å²) in [5.41, 5.74) is 11.3. The number of halogens is 3. The van der Waals surface area contributed by atoms with Crippen LogP contribution in [0.4, 0.5) is 13.2 Å². The van der Waals surface area contributed by atoms with E-state index in [4.69, 9.17) is 16.2 Å². The first-order valence-corrected chi connectivity index (χ1v) is 33.6. The maximum absolute atomic E-state index is 15.0. The first kappa shape index (κ1) is 78.2. The lowest BCUT2D eigenvalue weighted by molar-refractivity contribution is -0.149. The predicted molar refractivity (Wildman–Crippen MR) is 352 cm³/mol. The second-order valence-electron chi connectivity index (χ2n) is 24.2. The minimum Gasteiger partial charge on any atom is -0.376 e. The molecule has 25 nitrogen and oxygen atoms in total. The number of nitrogens with zero attached hydrogens (tertiary/aromatic N) is 9. The fraction of sp³-hybridized carbons (Fsp3) is 0.621. The predicted octanol–water partition coefficient (Wildman–Crippen LogP) is 2.23. The molecule has 0 saturated carbocycles. The molecule has 5 rings (SSSR count). The highest BCUT2D eigenvalue weighted by molar-refractivity contribution is 7.80. The summed E-state index contributed by atoms with van der Waals surface area (Å²) in [5, 5.41) is 5.64. The average molecular weight is 1350 g/mol. The van der Waals surface area contributed by atoms with Gasteiger partial charge in [-0.2, -0.15) is 25.8 Å². The number of carbonyl (C=O) groups excluding carboxylic acids is 11. The van der Waals surface area contributed by atoms with Crippen LogP contribution in [0.3, 0.4) is 0 Å². The van der Waals surface area contributed by atoms with Gasteiger partial charge in [0.25, 0.3) is 0 Å². The summed E-state index contributed by atoms with van der Waals surface area (Å²) in [6.07, 6.45) is 2.14. The molecule has 0 aromatic heterocycles. The number of carbonyl (C=O) groups is 11. The third kappa shape index (κ3) is 26.6. The Labute approximate surface area is 561 Å². The van der Waals surface area contributed by atoms with Gasteiger partial charge in [0.15, 0.2) is 5.78 Å². The van der Waals surface area contributed by atoms with E-state index in [-0.39, 0.29) is 87.7 Å². The van der Waals surface area contributed by atoms with Gasteiger partial charge >= 0.3 is 6.18 Å². The van der Waals surface area contributed by atoms with Crippen LogP contribution >= 0.6 is 12.6 Å². The molecule has 0 spiro atoms. The Morgan fingerprint density at radius 2 is 1.22 bits per heavy atom. The molecule has 3 aliphatic heterocycles. The third-order valence-corrected chi connectivity index (χ3v) is 17.3. The van der Waals surface area contributed by atoms with E-state index in [0.717, 1.165) is 28.4 Å². The van der Waals surface area contributed by atoms with Gasteiger partial charge in [0.1, 0.15) is 19.6 Å². The number of rotatable bonds is 43. The first-order chi connectivity index (χ1) is 45.5. The number of hydrogen-bond donors (Lipinski definition) is 5. The second kappa shape index (κ2) is 40.8. The van der Waals surface area contributed by atoms with E-state index in [1.54, 1.807) is 47.1 Å². The molecule has 526 valence electrons. The zero-order valence-corrected chi connectivity index (χ0v) is 56.0. The van der Waals surface area contributed by atoms with Gasteiger partial charge in [-0.05, 0) is 121 Å². The first-order valence-electron chi connectivity index (χ1n) is 32.9. The summed E-state index contributed by atoms with van der Waals surface area (Å²) in [6.45, 7) is 4.94. The summed E-state index contributed by atoms with van der Waals surface area (Å²) in [5.74, 6) is -5.65. The fourth-order valence-electron chi connectivity index (χ4n) is 11.4. The van der Waals surface area contributed by atoms with E-state index in [1.165, 1.54) is 49.6 Å². The van der Waals surface area contributed by atoms with Gasteiger partial charge in [-0.1, -0.05) is 48.5 Å². The van der Waals surface area contributed by atoms with Crippen LogP contribution < -0.4 is 22.1 Å². The highest BCUT2D eigenvalue weighted by Gasteiger charge is 2.35. The van der Waals surface area contributed by atoms with Gasteiger partial charge in [0, 0.05) is 90.6 Å². The number of ketones is 1. The lowest BCUT2D eigenvalue weighted by Gasteiger charge is -2.34. The van der Waals surface area contributed by atoms with E-state index in [0.29, 0.717) is 109 Å². The molecule has 2 aromatic carbocycles. The van der Waals surface area contributed by atoms with E-state index in [1.807, 2.05) is 0 Å². The van der Waals surface area contributed by atoms with Crippen LogP contribution in [0.5, 0.6) is 0 Å². The minimum atomic E-state index is -4.71. The molecule has 3 aliphatic rings. The molecule has 0 radical (unpaired) electrons. The molecule has 95 heavy (non-hydrogen) atoms. The number of benzene rings is 2. The van der Waals surface area contributed by atoms with Crippen LogP contribution in [0.25, 0.3) is 0 Å². The molecule has 3 atom stereocenters. The number of unbranched alkanes of at least 4 members (excludes halogenated alkanes) is 2. The fourth-order valence-corrected chi connectivity index (χ4v) is 11.7. The van der Waals surface area contributed by atoms with Crippen LogP contribution in [0.1, 0.15) is 114 Å². The lowest BCUT2D eigenvalue weighted by Crippen LogP contribution is -2.53. The number of alkyl halides is 3. The molecule has 3 saturated heterocycles. The number of Topliss-reactive ketones (excluding diaryl/α,β-unsaturated/α-hetero) is 1. The minimum absolute atomic E-state index is 0.0285. The third-order valence-electron chi connectivity index (χ3n) is 16.9. The van der Waals surface area contributed by atoms with Crippen molar-refractivity contribution in [2.45, 2.75) is 122 Å². The molecule has 6 N–H and O–H groups in total. The lowest BCUT2D eigenvalue weighted by atomic mass is 10.1. The molecule has 0 aliphatic carbocycles. The van der Waals surface area contributed by atoms with E-state index >= 15 is 0 Å². The second-order valence-corrected chi connectivity index (χ2v) is 24.6. The molecular weight excluding hydrogens is 1260 g/mol. The highest BCUT2D eigenvalue weighted by atomic mass is 32.1. The van der Waals surface area contributed by atoms with E-state index in [9.17, 15) is 65.9 Å². The Balaban J connectivity index is 1.41. The van der Waals surface area contributed by atoms with Crippen molar-refractivity contribution < 1.29 is 70.6 Å². The molecule has 10 amide bonds. The van der Waals surface area contributed by atoms with Crippen molar-refractivity contribution >= 4 is 77.5 Å².